The van der Waals surface area contributed by atoms with Crippen LogP contribution in [0.3, 0.4) is 0 Å². The summed E-state index contributed by atoms with van der Waals surface area (Å²) in [5, 5.41) is 0.604. The van der Waals surface area contributed by atoms with Gasteiger partial charge in [-0.15, -0.1) is 34.0 Å². The van der Waals surface area contributed by atoms with Crippen molar-refractivity contribution in [2.45, 2.75) is 38.2 Å². The number of rotatable bonds is 4. The molecule has 184 valence electrons. The van der Waals surface area contributed by atoms with Gasteiger partial charge in [0, 0.05) is 18.2 Å². The molecule has 6 nitrogen and oxygen atoms in total. The Labute approximate surface area is 225 Å². The topological polar surface area (TPSA) is 69.8 Å². The van der Waals surface area contributed by atoms with Crippen molar-refractivity contribution in [3.8, 4) is 17.2 Å². The molecule has 1 unspecified atom stereocenters. The number of piperidine rings is 1. The lowest BCUT2D eigenvalue weighted by atomic mass is 9.89. The molecule has 3 aromatic rings. The van der Waals surface area contributed by atoms with Gasteiger partial charge in [-0.1, -0.05) is 29.5 Å². The Kier molecular flexibility index (Phi) is 8.28. The van der Waals surface area contributed by atoms with E-state index in [1.165, 1.54) is 35.3 Å². The number of thiazole rings is 1. The van der Waals surface area contributed by atoms with Crippen LogP contribution in [0.15, 0.2) is 30.3 Å². The molecule has 0 spiro atoms. The molecule has 2 N–H and O–H groups in total. The van der Waals surface area contributed by atoms with Crippen LogP contribution < -0.4 is 19.9 Å². The minimum absolute atomic E-state index is 0. The molecule has 1 saturated heterocycles. The van der Waals surface area contributed by atoms with Crippen molar-refractivity contribution in [3.63, 3.8) is 0 Å². The van der Waals surface area contributed by atoms with E-state index in [0.29, 0.717) is 30.4 Å². The average Bonchev–Trinajstić information content (AvgIpc) is 3.20. The second-order valence-corrected chi connectivity index (χ2v) is 10.2. The lowest BCUT2D eigenvalue weighted by Gasteiger charge is -2.36. The van der Waals surface area contributed by atoms with Crippen LogP contribution in [0.2, 0.25) is 0 Å². The van der Waals surface area contributed by atoms with Crippen molar-refractivity contribution >= 4 is 60.6 Å². The van der Waals surface area contributed by atoms with Gasteiger partial charge in [0.05, 0.1) is 10.2 Å². The van der Waals surface area contributed by atoms with Gasteiger partial charge in [0.2, 0.25) is 0 Å². The molecule has 0 saturated carbocycles. The third kappa shape index (κ3) is 5.17. The Morgan fingerprint density at radius 1 is 1.03 bits per heavy atom. The molecular weight excluding hydrogens is 582 g/mol. The van der Waals surface area contributed by atoms with E-state index in [2.05, 4.69) is 34.1 Å². The first-order chi connectivity index (χ1) is 15.7. The summed E-state index contributed by atoms with van der Waals surface area (Å²) in [6.45, 7) is 4.43. The molecule has 6 rings (SSSR count). The summed E-state index contributed by atoms with van der Waals surface area (Å²) in [6, 6.07) is 10.5. The predicted octanol–water partition coefficient (Wildman–Crippen LogP) is 5.45. The molecule has 34 heavy (non-hydrogen) atoms. The smallest absolute Gasteiger partial charge is 0.181 e. The van der Waals surface area contributed by atoms with Gasteiger partial charge >= 0.3 is 0 Å². The summed E-state index contributed by atoms with van der Waals surface area (Å²) in [5.74, 6) is 3.41. The fourth-order valence-electron chi connectivity index (χ4n) is 5.31. The molecule has 0 amide bonds. The number of aromatic nitrogens is 1. The van der Waals surface area contributed by atoms with E-state index >= 15 is 0 Å². The van der Waals surface area contributed by atoms with Gasteiger partial charge in [0.25, 0.3) is 0 Å². The van der Waals surface area contributed by atoms with Crippen molar-refractivity contribution in [1.82, 2.24) is 9.88 Å². The summed E-state index contributed by atoms with van der Waals surface area (Å²) in [6.07, 6.45) is 5.83. The molecule has 0 aliphatic carbocycles. The highest BCUT2D eigenvalue weighted by molar-refractivity contribution is 8.93. The monoisotopic (exact) mass is 611 g/mol. The number of ether oxygens (including phenoxy) is 3. The number of hydrogen-bond acceptors (Lipinski definition) is 7. The standard InChI is InChI=1S/C25H29N3O3S.2BrH/c26-25-27-23-19(24-21(14-22(23)32-25)29-11-12-30-24)13-16-7-9-28(10-8-16)15-18-6-5-17-3-1-2-4-20(17)31-18;;/h1-4,14,16,18H,5-13,15H2,(H2,26,27);2*1H. The Balaban J connectivity index is 0.00000137. The lowest BCUT2D eigenvalue weighted by Crippen LogP contribution is -2.42. The highest BCUT2D eigenvalue weighted by atomic mass is 79.9. The molecule has 2 aromatic carbocycles. The van der Waals surface area contributed by atoms with E-state index in [9.17, 15) is 0 Å². The summed E-state index contributed by atoms with van der Waals surface area (Å²) in [5.41, 5.74) is 9.55. The van der Waals surface area contributed by atoms with Crippen LogP contribution in [0.5, 0.6) is 17.2 Å². The quantitative estimate of drug-likeness (QED) is 0.422. The first kappa shape index (κ1) is 25.5. The van der Waals surface area contributed by atoms with Crippen molar-refractivity contribution < 1.29 is 14.2 Å². The Morgan fingerprint density at radius 3 is 2.68 bits per heavy atom. The van der Waals surface area contributed by atoms with Gasteiger partial charge in [-0.05, 0) is 62.7 Å². The number of benzene rings is 2. The maximum absolute atomic E-state index is 6.28. The highest BCUT2D eigenvalue weighted by Gasteiger charge is 2.28. The molecule has 1 aromatic heterocycles. The van der Waals surface area contributed by atoms with Crippen LogP contribution in [0.4, 0.5) is 5.13 Å². The van der Waals surface area contributed by atoms with Crippen LogP contribution in [-0.4, -0.2) is 48.8 Å². The average molecular weight is 613 g/mol. The van der Waals surface area contributed by atoms with Crippen LogP contribution >= 0.6 is 45.3 Å². The van der Waals surface area contributed by atoms with Gasteiger partial charge in [0.15, 0.2) is 16.6 Å². The lowest BCUT2D eigenvalue weighted by molar-refractivity contribution is 0.0910. The minimum atomic E-state index is 0. The fraction of sp³-hybridized carbons (Fsp3) is 0.480. The molecular formula is C25H31Br2N3O3S. The van der Waals surface area contributed by atoms with Crippen molar-refractivity contribution in [2.24, 2.45) is 5.92 Å². The minimum Gasteiger partial charge on any atom is -0.489 e. The number of anilines is 1. The van der Waals surface area contributed by atoms with Gasteiger partial charge in [0.1, 0.15) is 25.1 Å². The number of nitrogens with two attached hydrogens (primary N) is 1. The first-order valence-electron chi connectivity index (χ1n) is 11.7. The predicted molar refractivity (Wildman–Crippen MR) is 148 cm³/mol. The van der Waals surface area contributed by atoms with Crippen LogP contribution in [-0.2, 0) is 12.8 Å². The van der Waals surface area contributed by atoms with E-state index < -0.39 is 0 Å². The zero-order valence-corrected chi connectivity index (χ0v) is 23.3. The normalized spacial score (nSPS) is 20.1. The molecule has 9 heteroatoms. The SMILES string of the molecule is Br.Br.Nc1nc2c(CC3CCN(CC4CCc5ccccc5O4)CC3)c3c(cc2s1)OCCO3. The summed E-state index contributed by atoms with van der Waals surface area (Å²) >= 11 is 1.53. The first-order valence-corrected chi connectivity index (χ1v) is 12.5. The number of halogens is 2. The third-order valence-electron chi connectivity index (χ3n) is 6.97. The van der Waals surface area contributed by atoms with Gasteiger partial charge < -0.3 is 19.9 Å². The zero-order chi connectivity index (χ0) is 21.5. The zero-order valence-electron chi connectivity index (χ0n) is 19.0. The van der Waals surface area contributed by atoms with E-state index in [4.69, 9.17) is 19.9 Å². The number of nitrogens with zero attached hydrogens (tertiary/aromatic N) is 2. The highest BCUT2D eigenvalue weighted by Crippen LogP contribution is 2.43. The third-order valence-corrected chi connectivity index (χ3v) is 7.80. The van der Waals surface area contributed by atoms with Crippen molar-refractivity contribution in [1.29, 1.82) is 0 Å². The molecule has 1 atom stereocenters. The maximum atomic E-state index is 6.28. The van der Waals surface area contributed by atoms with Gasteiger partial charge in [-0.2, -0.15) is 0 Å². The summed E-state index contributed by atoms with van der Waals surface area (Å²) in [7, 11) is 0. The number of nitrogen functional groups attached to an aromatic ring is 1. The number of hydrogen-bond donors (Lipinski definition) is 1. The number of likely N-dealkylation sites (tertiary alicyclic amines) is 1. The molecule has 3 aliphatic rings. The van der Waals surface area contributed by atoms with Crippen molar-refractivity contribution in [2.75, 3.05) is 38.6 Å². The van der Waals surface area contributed by atoms with Crippen LogP contribution in [0.1, 0.15) is 30.4 Å². The van der Waals surface area contributed by atoms with E-state index in [-0.39, 0.29) is 34.0 Å². The van der Waals surface area contributed by atoms with E-state index in [0.717, 1.165) is 66.4 Å². The second kappa shape index (κ2) is 11.0. The molecule has 3 aliphatic heterocycles. The fourth-order valence-corrected chi connectivity index (χ4v) is 6.11. The largest absolute Gasteiger partial charge is 0.489 e. The molecule has 0 radical (unpaired) electrons. The Hall–Kier alpha value is -1.55. The molecule has 0 bridgehead atoms. The second-order valence-electron chi connectivity index (χ2n) is 9.11. The number of para-hydroxylation sites is 1. The van der Waals surface area contributed by atoms with E-state index in [1.54, 1.807) is 0 Å². The summed E-state index contributed by atoms with van der Waals surface area (Å²) < 4.78 is 19.3. The number of fused-ring (bicyclic) bond motifs is 3. The molecule has 1 fully saturated rings. The van der Waals surface area contributed by atoms with Crippen LogP contribution in [0.25, 0.3) is 10.2 Å². The van der Waals surface area contributed by atoms with Crippen molar-refractivity contribution in [3.05, 3.63) is 41.5 Å². The summed E-state index contributed by atoms with van der Waals surface area (Å²) in [4.78, 5) is 7.21. The van der Waals surface area contributed by atoms with E-state index in [1.807, 2.05) is 6.07 Å². The molecule has 4 heterocycles. The number of aryl methyl sites for hydroxylation is 1. The van der Waals surface area contributed by atoms with Gasteiger partial charge in [-0.3, -0.25) is 4.90 Å². The Bertz CT molecular complexity index is 1130. The maximum Gasteiger partial charge on any atom is 0.181 e. The van der Waals surface area contributed by atoms with Gasteiger partial charge in [-0.25, -0.2) is 4.98 Å². The van der Waals surface area contributed by atoms with Crippen LogP contribution in [0, 0.1) is 5.92 Å². The Morgan fingerprint density at radius 2 is 1.82 bits per heavy atom.